The smallest absolute Gasteiger partial charge is 0.240 e. The highest BCUT2D eigenvalue weighted by molar-refractivity contribution is 5.88. The van der Waals surface area contributed by atoms with Crippen LogP contribution in [0, 0.1) is 5.82 Å². The average Bonchev–Trinajstić information content (AvgIpc) is 3.14. The summed E-state index contributed by atoms with van der Waals surface area (Å²) in [4.78, 5) is 11.5. The standard InChI is InChI=1S/C13H17FN2O3.ClH/c14-9-1-3-11(4-2-9)19-8-10(17)7-16-12(18)13(15)5-6-13;/h1-4,10,17H,5-8,15H2,(H,16,18);1H. The van der Waals surface area contributed by atoms with Crippen molar-refractivity contribution >= 4 is 18.3 Å². The third-order valence-electron chi connectivity index (χ3n) is 3.00. The quantitative estimate of drug-likeness (QED) is 0.718. The Hall–Kier alpha value is -1.37. The zero-order valence-electron chi connectivity index (χ0n) is 10.8. The molecule has 0 saturated heterocycles. The lowest BCUT2D eigenvalue weighted by Crippen LogP contribution is -2.46. The van der Waals surface area contributed by atoms with E-state index >= 15 is 0 Å². The maximum atomic E-state index is 12.6. The van der Waals surface area contributed by atoms with Gasteiger partial charge in [0.05, 0.1) is 5.54 Å². The fourth-order valence-electron chi connectivity index (χ4n) is 1.53. The molecule has 1 atom stereocenters. The summed E-state index contributed by atoms with van der Waals surface area (Å²) in [5.41, 5.74) is 4.96. The molecular weight excluding hydrogens is 287 g/mol. The van der Waals surface area contributed by atoms with Crippen molar-refractivity contribution in [2.75, 3.05) is 13.2 Å². The number of nitrogens with two attached hydrogens (primary N) is 1. The van der Waals surface area contributed by atoms with Gasteiger partial charge < -0.3 is 20.9 Å². The van der Waals surface area contributed by atoms with Crippen LogP contribution in [0.4, 0.5) is 4.39 Å². The zero-order chi connectivity index (χ0) is 13.9. The number of aliphatic hydroxyl groups excluding tert-OH is 1. The van der Waals surface area contributed by atoms with Crippen LogP contribution in [0.3, 0.4) is 0 Å². The number of carbonyl (C=O) groups is 1. The summed E-state index contributed by atoms with van der Waals surface area (Å²) < 4.78 is 17.9. The molecule has 0 spiro atoms. The number of benzene rings is 1. The molecule has 1 saturated carbocycles. The van der Waals surface area contributed by atoms with E-state index in [-0.39, 0.29) is 37.3 Å². The highest BCUT2D eigenvalue weighted by atomic mass is 35.5. The van der Waals surface area contributed by atoms with Crippen LogP contribution in [0.5, 0.6) is 5.75 Å². The van der Waals surface area contributed by atoms with Gasteiger partial charge in [-0.3, -0.25) is 4.79 Å². The molecule has 4 N–H and O–H groups in total. The maximum absolute atomic E-state index is 12.6. The van der Waals surface area contributed by atoms with Crippen molar-refractivity contribution in [2.24, 2.45) is 5.73 Å². The van der Waals surface area contributed by atoms with Gasteiger partial charge in [-0.1, -0.05) is 0 Å². The Morgan fingerprint density at radius 1 is 1.45 bits per heavy atom. The number of hydrogen-bond acceptors (Lipinski definition) is 4. The van der Waals surface area contributed by atoms with Crippen molar-refractivity contribution in [3.05, 3.63) is 30.1 Å². The predicted octanol–water partition coefficient (Wildman–Crippen LogP) is 0.595. The van der Waals surface area contributed by atoms with Crippen LogP contribution >= 0.6 is 12.4 Å². The summed E-state index contributed by atoms with van der Waals surface area (Å²) in [6, 6.07) is 5.49. The Kier molecular flexibility index (Phi) is 5.74. The molecule has 0 heterocycles. The van der Waals surface area contributed by atoms with Crippen molar-refractivity contribution < 1.29 is 19.0 Å². The number of halogens is 2. The third kappa shape index (κ3) is 4.63. The van der Waals surface area contributed by atoms with Crippen LogP contribution in [0.15, 0.2) is 24.3 Å². The first kappa shape index (κ1) is 16.7. The fraction of sp³-hybridized carbons (Fsp3) is 0.462. The van der Waals surface area contributed by atoms with E-state index in [1.807, 2.05) is 0 Å². The number of ether oxygens (including phenoxy) is 1. The molecule has 20 heavy (non-hydrogen) atoms. The second-order valence-electron chi connectivity index (χ2n) is 4.78. The van der Waals surface area contributed by atoms with Crippen LogP contribution in [0.2, 0.25) is 0 Å². The van der Waals surface area contributed by atoms with Crippen LogP contribution in [0.25, 0.3) is 0 Å². The van der Waals surface area contributed by atoms with E-state index < -0.39 is 11.6 Å². The molecule has 1 aliphatic carbocycles. The SMILES string of the molecule is Cl.NC1(C(=O)NCC(O)COc2ccc(F)cc2)CC1. The lowest BCUT2D eigenvalue weighted by atomic mass is 10.2. The minimum atomic E-state index is -0.837. The Labute approximate surface area is 122 Å². The Morgan fingerprint density at radius 3 is 2.60 bits per heavy atom. The second kappa shape index (κ2) is 6.88. The van der Waals surface area contributed by atoms with Crippen molar-refractivity contribution in [2.45, 2.75) is 24.5 Å². The van der Waals surface area contributed by atoms with Gasteiger partial charge in [0, 0.05) is 6.54 Å². The van der Waals surface area contributed by atoms with E-state index in [0.29, 0.717) is 18.6 Å². The first-order valence-electron chi connectivity index (χ1n) is 6.13. The second-order valence-corrected chi connectivity index (χ2v) is 4.78. The van der Waals surface area contributed by atoms with E-state index in [4.69, 9.17) is 10.5 Å². The minimum Gasteiger partial charge on any atom is -0.491 e. The van der Waals surface area contributed by atoms with Crippen molar-refractivity contribution in [3.63, 3.8) is 0 Å². The largest absolute Gasteiger partial charge is 0.491 e. The molecule has 7 heteroatoms. The fourth-order valence-corrected chi connectivity index (χ4v) is 1.53. The van der Waals surface area contributed by atoms with Crippen molar-refractivity contribution in [1.82, 2.24) is 5.32 Å². The predicted molar refractivity (Wildman–Crippen MR) is 74.3 cm³/mol. The molecule has 1 unspecified atom stereocenters. The number of hydrogen-bond donors (Lipinski definition) is 3. The molecule has 0 aromatic heterocycles. The van der Waals surface area contributed by atoms with Crippen LogP contribution in [-0.4, -0.2) is 35.8 Å². The van der Waals surface area contributed by atoms with Gasteiger partial charge in [0.25, 0.3) is 0 Å². The highest BCUT2D eigenvalue weighted by Gasteiger charge is 2.45. The van der Waals surface area contributed by atoms with Crippen LogP contribution < -0.4 is 15.8 Å². The van der Waals surface area contributed by atoms with Gasteiger partial charge in [0.15, 0.2) is 0 Å². The maximum Gasteiger partial charge on any atom is 0.240 e. The summed E-state index contributed by atoms with van der Waals surface area (Å²) in [5.74, 6) is -0.129. The molecule has 2 rings (SSSR count). The van der Waals surface area contributed by atoms with Gasteiger partial charge in [0.2, 0.25) is 5.91 Å². The molecule has 0 radical (unpaired) electrons. The molecule has 1 amide bonds. The van der Waals surface area contributed by atoms with Gasteiger partial charge >= 0.3 is 0 Å². The summed E-state index contributed by atoms with van der Waals surface area (Å²) in [6.07, 6.45) is 0.526. The molecule has 1 aromatic rings. The van der Waals surface area contributed by atoms with Crippen LogP contribution in [0.1, 0.15) is 12.8 Å². The van der Waals surface area contributed by atoms with E-state index in [1.165, 1.54) is 24.3 Å². The first-order valence-corrected chi connectivity index (χ1v) is 6.13. The summed E-state index contributed by atoms with van der Waals surface area (Å²) in [5, 5.41) is 12.2. The van der Waals surface area contributed by atoms with Crippen molar-refractivity contribution in [1.29, 1.82) is 0 Å². The molecular formula is C13H18ClFN2O3. The molecule has 1 fully saturated rings. The lowest BCUT2D eigenvalue weighted by Gasteiger charge is -2.15. The number of rotatable bonds is 6. The molecule has 0 bridgehead atoms. The Bertz CT molecular complexity index is 451. The van der Waals surface area contributed by atoms with Crippen molar-refractivity contribution in [3.8, 4) is 5.75 Å². The zero-order valence-corrected chi connectivity index (χ0v) is 11.7. The van der Waals surface area contributed by atoms with Gasteiger partial charge in [0.1, 0.15) is 24.3 Å². The third-order valence-corrected chi connectivity index (χ3v) is 3.00. The number of nitrogens with one attached hydrogen (secondary N) is 1. The molecule has 0 aliphatic heterocycles. The molecule has 1 aliphatic rings. The van der Waals surface area contributed by atoms with Gasteiger partial charge in [-0.05, 0) is 37.1 Å². The number of carbonyl (C=O) groups excluding carboxylic acids is 1. The van der Waals surface area contributed by atoms with E-state index in [0.717, 1.165) is 0 Å². The van der Waals surface area contributed by atoms with E-state index in [1.54, 1.807) is 0 Å². The lowest BCUT2D eigenvalue weighted by molar-refractivity contribution is -0.123. The topological polar surface area (TPSA) is 84.6 Å². The summed E-state index contributed by atoms with van der Waals surface area (Å²) in [6.45, 7) is 0.0997. The molecule has 112 valence electrons. The highest BCUT2D eigenvalue weighted by Crippen LogP contribution is 2.31. The Balaban J connectivity index is 0.00000200. The van der Waals surface area contributed by atoms with E-state index in [9.17, 15) is 14.3 Å². The monoisotopic (exact) mass is 304 g/mol. The molecule has 5 nitrogen and oxygen atoms in total. The van der Waals surface area contributed by atoms with Gasteiger partial charge in [-0.2, -0.15) is 0 Å². The summed E-state index contributed by atoms with van der Waals surface area (Å²) >= 11 is 0. The number of amides is 1. The number of aliphatic hydroxyl groups is 1. The molecule has 1 aromatic carbocycles. The van der Waals surface area contributed by atoms with Crippen LogP contribution in [-0.2, 0) is 4.79 Å². The first-order chi connectivity index (χ1) is 8.99. The minimum absolute atomic E-state index is 0. The van der Waals surface area contributed by atoms with Gasteiger partial charge in [-0.25, -0.2) is 4.39 Å². The average molecular weight is 305 g/mol. The van der Waals surface area contributed by atoms with E-state index in [2.05, 4.69) is 5.32 Å². The normalized spacial score (nSPS) is 16.8. The Morgan fingerprint density at radius 2 is 2.05 bits per heavy atom. The summed E-state index contributed by atoms with van der Waals surface area (Å²) in [7, 11) is 0. The van der Waals surface area contributed by atoms with Gasteiger partial charge in [-0.15, -0.1) is 12.4 Å².